The molecule has 2 aliphatic rings. The van der Waals surface area contributed by atoms with Gasteiger partial charge < -0.3 is 4.90 Å². The van der Waals surface area contributed by atoms with E-state index < -0.39 is 0 Å². The van der Waals surface area contributed by atoms with Crippen molar-refractivity contribution in [1.82, 2.24) is 4.90 Å². The van der Waals surface area contributed by atoms with Gasteiger partial charge in [0.05, 0.1) is 0 Å². The fraction of sp³-hybridized carbons (Fsp3) is 0.900. The highest BCUT2D eigenvalue weighted by Crippen LogP contribution is 2.29. The zero-order chi connectivity index (χ0) is 9.26. The molecule has 2 fully saturated rings. The van der Waals surface area contributed by atoms with Gasteiger partial charge in [-0.1, -0.05) is 29.0 Å². The molecule has 0 aromatic carbocycles. The lowest BCUT2D eigenvalue weighted by Gasteiger charge is -2.35. The van der Waals surface area contributed by atoms with Gasteiger partial charge in [0, 0.05) is 22.9 Å². The number of rotatable bonds is 1. The van der Waals surface area contributed by atoms with Crippen LogP contribution < -0.4 is 0 Å². The molecular formula is C10H16INO. The maximum absolute atomic E-state index is 11.8. The van der Waals surface area contributed by atoms with E-state index >= 15 is 0 Å². The van der Waals surface area contributed by atoms with Crippen LogP contribution in [-0.4, -0.2) is 27.8 Å². The van der Waals surface area contributed by atoms with Crippen molar-refractivity contribution in [2.45, 2.75) is 36.0 Å². The van der Waals surface area contributed by atoms with Crippen LogP contribution in [0.25, 0.3) is 0 Å². The lowest BCUT2D eigenvalue weighted by molar-refractivity contribution is -0.138. The molecular weight excluding hydrogens is 277 g/mol. The minimum absolute atomic E-state index is 0.390. The summed E-state index contributed by atoms with van der Waals surface area (Å²) in [4.78, 5) is 13.9. The molecule has 2 rings (SSSR count). The molecule has 13 heavy (non-hydrogen) atoms. The summed E-state index contributed by atoms with van der Waals surface area (Å²) in [6, 6.07) is 0. The van der Waals surface area contributed by atoms with Crippen LogP contribution >= 0.6 is 22.6 Å². The van der Waals surface area contributed by atoms with Crippen molar-refractivity contribution in [2.75, 3.05) is 13.1 Å². The molecule has 1 saturated heterocycles. The number of piperidine rings is 1. The SMILES string of the molecule is O=C(C1CCC1)N1CCC[C@@H](I)C1. The Hall–Kier alpha value is 0.200. The van der Waals surface area contributed by atoms with Crippen molar-refractivity contribution < 1.29 is 4.79 Å². The second kappa shape index (κ2) is 4.15. The third-order valence-corrected chi connectivity index (χ3v) is 4.15. The summed E-state index contributed by atoms with van der Waals surface area (Å²) in [7, 11) is 0. The predicted molar refractivity (Wildman–Crippen MR) is 61.0 cm³/mol. The van der Waals surface area contributed by atoms with E-state index in [0.29, 0.717) is 15.7 Å². The van der Waals surface area contributed by atoms with Crippen molar-refractivity contribution in [2.24, 2.45) is 5.92 Å². The Balaban J connectivity index is 1.87. The van der Waals surface area contributed by atoms with Gasteiger partial charge in [-0.15, -0.1) is 0 Å². The minimum Gasteiger partial charge on any atom is -0.341 e. The zero-order valence-electron chi connectivity index (χ0n) is 7.84. The standard InChI is InChI=1S/C10H16INO/c11-9-5-2-6-12(7-9)10(13)8-3-1-4-8/h8-9H,1-7H2/t9-/m1/s1. The molecule has 0 N–H and O–H groups in total. The lowest BCUT2D eigenvalue weighted by atomic mass is 9.84. The van der Waals surface area contributed by atoms with Crippen molar-refractivity contribution in [3.8, 4) is 0 Å². The number of amides is 1. The largest absolute Gasteiger partial charge is 0.341 e. The summed E-state index contributed by atoms with van der Waals surface area (Å²) >= 11 is 2.46. The van der Waals surface area contributed by atoms with Gasteiger partial charge >= 0.3 is 0 Å². The highest BCUT2D eigenvalue weighted by molar-refractivity contribution is 14.1. The Morgan fingerprint density at radius 3 is 2.54 bits per heavy atom. The molecule has 0 unspecified atom stereocenters. The summed E-state index contributed by atoms with van der Waals surface area (Å²) in [5.41, 5.74) is 0. The summed E-state index contributed by atoms with van der Waals surface area (Å²) < 4.78 is 0.690. The van der Waals surface area contributed by atoms with Crippen LogP contribution in [0.5, 0.6) is 0 Å². The number of nitrogens with zero attached hydrogens (tertiary/aromatic N) is 1. The van der Waals surface area contributed by atoms with Crippen molar-refractivity contribution in [1.29, 1.82) is 0 Å². The normalized spacial score (nSPS) is 29.9. The van der Waals surface area contributed by atoms with E-state index in [1.165, 1.54) is 19.3 Å². The molecule has 1 saturated carbocycles. The van der Waals surface area contributed by atoms with E-state index in [-0.39, 0.29) is 0 Å². The van der Waals surface area contributed by atoms with Crippen LogP contribution in [0.3, 0.4) is 0 Å². The first kappa shape index (κ1) is 9.74. The maximum Gasteiger partial charge on any atom is 0.225 e. The minimum atomic E-state index is 0.390. The van der Waals surface area contributed by atoms with Crippen molar-refractivity contribution in [3.63, 3.8) is 0 Å². The van der Waals surface area contributed by atoms with E-state index in [0.717, 1.165) is 25.9 Å². The van der Waals surface area contributed by atoms with E-state index in [4.69, 9.17) is 0 Å². The van der Waals surface area contributed by atoms with Gasteiger partial charge in [0.15, 0.2) is 0 Å². The monoisotopic (exact) mass is 293 g/mol. The molecule has 1 atom stereocenters. The van der Waals surface area contributed by atoms with Gasteiger partial charge in [0.25, 0.3) is 0 Å². The number of carbonyl (C=O) groups excluding carboxylic acids is 1. The van der Waals surface area contributed by atoms with Gasteiger partial charge in [-0.25, -0.2) is 0 Å². The van der Waals surface area contributed by atoms with Crippen LogP contribution in [-0.2, 0) is 4.79 Å². The molecule has 1 heterocycles. The van der Waals surface area contributed by atoms with Crippen LogP contribution in [0.1, 0.15) is 32.1 Å². The molecule has 0 bridgehead atoms. The molecule has 1 aliphatic heterocycles. The van der Waals surface area contributed by atoms with Crippen LogP contribution in [0.2, 0.25) is 0 Å². The van der Waals surface area contributed by atoms with Crippen molar-refractivity contribution >= 4 is 28.5 Å². The molecule has 0 aromatic heterocycles. The number of likely N-dealkylation sites (tertiary alicyclic amines) is 1. The number of halogens is 1. The highest BCUT2D eigenvalue weighted by atomic mass is 127. The Morgan fingerprint density at radius 2 is 2.00 bits per heavy atom. The first-order valence-corrected chi connectivity index (χ1v) is 6.45. The molecule has 0 aromatic rings. The van der Waals surface area contributed by atoms with Gasteiger partial charge in [-0.3, -0.25) is 4.79 Å². The maximum atomic E-state index is 11.8. The molecule has 0 radical (unpaired) electrons. The molecule has 3 heteroatoms. The van der Waals surface area contributed by atoms with Gasteiger partial charge in [0.2, 0.25) is 5.91 Å². The third-order valence-electron chi connectivity index (χ3n) is 3.13. The highest BCUT2D eigenvalue weighted by Gasteiger charge is 2.31. The summed E-state index contributed by atoms with van der Waals surface area (Å²) in [5.74, 6) is 0.828. The molecule has 2 nitrogen and oxygen atoms in total. The number of hydrogen-bond acceptors (Lipinski definition) is 1. The first-order chi connectivity index (χ1) is 6.27. The number of alkyl halides is 1. The van der Waals surface area contributed by atoms with E-state index in [2.05, 4.69) is 27.5 Å². The van der Waals surface area contributed by atoms with Gasteiger partial charge in [0.1, 0.15) is 0 Å². The Bertz CT molecular complexity index is 203. The average Bonchev–Trinajstić information content (AvgIpc) is 2.01. The summed E-state index contributed by atoms with van der Waals surface area (Å²) in [6.07, 6.45) is 6.03. The smallest absolute Gasteiger partial charge is 0.225 e. The Labute approximate surface area is 93.2 Å². The predicted octanol–water partition coefficient (Wildman–Crippen LogP) is 2.21. The van der Waals surface area contributed by atoms with E-state index in [1.807, 2.05) is 0 Å². The van der Waals surface area contributed by atoms with Gasteiger partial charge in [-0.05, 0) is 25.7 Å². The van der Waals surface area contributed by atoms with Crippen LogP contribution in [0.4, 0.5) is 0 Å². The molecule has 0 spiro atoms. The third kappa shape index (κ3) is 2.17. The Morgan fingerprint density at radius 1 is 1.23 bits per heavy atom. The van der Waals surface area contributed by atoms with Crippen LogP contribution in [0, 0.1) is 5.92 Å². The molecule has 74 valence electrons. The van der Waals surface area contributed by atoms with Crippen molar-refractivity contribution in [3.05, 3.63) is 0 Å². The molecule has 1 aliphatic carbocycles. The van der Waals surface area contributed by atoms with E-state index in [9.17, 15) is 4.79 Å². The van der Waals surface area contributed by atoms with Gasteiger partial charge in [-0.2, -0.15) is 0 Å². The summed E-state index contributed by atoms with van der Waals surface area (Å²) in [5, 5.41) is 0. The zero-order valence-corrected chi connectivity index (χ0v) is 10.00. The topological polar surface area (TPSA) is 20.3 Å². The van der Waals surface area contributed by atoms with Crippen LogP contribution in [0.15, 0.2) is 0 Å². The lowest BCUT2D eigenvalue weighted by Crippen LogP contribution is -2.44. The number of carbonyl (C=O) groups is 1. The summed E-state index contributed by atoms with van der Waals surface area (Å²) in [6.45, 7) is 2.00. The van der Waals surface area contributed by atoms with E-state index in [1.54, 1.807) is 0 Å². The fourth-order valence-electron chi connectivity index (χ4n) is 2.04. The average molecular weight is 293 g/mol. The quantitative estimate of drug-likeness (QED) is 0.536. The first-order valence-electron chi connectivity index (χ1n) is 5.20. The number of hydrogen-bond donors (Lipinski definition) is 0. The molecule has 1 amide bonds. The fourth-order valence-corrected chi connectivity index (χ4v) is 2.95. The second-order valence-electron chi connectivity index (χ2n) is 4.15. The Kier molecular flexibility index (Phi) is 3.11. The second-order valence-corrected chi connectivity index (χ2v) is 5.91.